The van der Waals surface area contributed by atoms with Crippen LogP contribution in [0.4, 0.5) is 17.1 Å². The van der Waals surface area contributed by atoms with Gasteiger partial charge < -0.3 is 16.8 Å². The molecule has 0 unspecified atom stereocenters. The first-order chi connectivity index (χ1) is 7.69. The summed E-state index contributed by atoms with van der Waals surface area (Å²) >= 11 is 0. The van der Waals surface area contributed by atoms with Crippen LogP contribution >= 0.6 is 0 Å². The Balaban J connectivity index is 2.51. The van der Waals surface area contributed by atoms with Crippen LogP contribution in [0.1, 0.15) is 0 Å². The van der Waals surface area contributed by atoms with Crippen molar-refractivity contribution >= 4 is 17.1 Å². The Kier molecular flexibility index (Phi) is 2.68. The Labute approximate surface area is 95.1 Å². The largest absolute Gasteiger partial charge is 0.399 e. The second kappa shape index (κ2) is 4.14. The summed E-state index contributed by atoms with van der Waals surface area (Å²) in [5.41, 5.74) is 16.2. The third kappa shape index (κ3) is 2.08. The molecule has 0 heterocycles. The molecule has 2 aromatic rings. The molecule has 0 bridgehead atoms. The summed E-state index contributed by atoms with van der Waals surface area (Å²) in [5, 5.41) is 3.08. The number of anilines is 3. The summed E-state index contributed by atoms with van der Waals surface area (Å²) in [6.07, 6.45) is 0. The standard InChI is InChI=1S/C13H15N3/c1-16-13-7-10(6-12(15)8-13)9-3-2-4-11(14)5-9/h2-8,16H,14-15H2,1H3. The Morgan fingerprint density at radius 2 is 1.62 bits per heavy atom. The zero-order chi connectivity index (χ0) is 11.5. The maximum Gasteiger partial charge on any atom is 0.0364 e. The van der Waals surface area contributed by atoms with Gasteiger partial charge in [-0.3, -0.25) is 0 Å². The molecule has 0 atom stereocenters. The summed E-state index contributed by atoms with van der Waals surface area (Å²) < 4.78 is 0. The average molecular weight is 213 g/mol. The maximum atomic E-state index is 5.84. The summed E-state index contributed by atoms with van der Waals surface area (Å²) in [4.78, 5) is 0. The van der Waals surface area contributed by atoms with Crippen molar-refractivity contribution in [3.05, 3.63) is 42.5 Å². The Bertz CT molecular complexity index is 506. The Hall–Kier alpha value is -2.16. The fourth-order valence-electron chi connectivity index (χ4n) is 1.68. The molecule has 0 aliphatic heterocycles. The third-order valence-corrected chi connectivity index (χ3v) is 2.46. The molecule has 0 aliphatic carbocycles. The van der Waals surface area contributed by atoms with Gasteiger partial charge >= 0.3 is 0 Å². The van der Waals surface area contributed by atoms with E-state index in [0.29, 0.717) is 0 Å². The summed E-state index contributed by atoms with van der Waals surface area (Å²) in [5.74, 6) is 0. The number of rotatable bonds is 2. The normalized spacial score (nSPS) is 10.1. The number of hydrogen-bond donors (Lipinski definition) is 3. The van der Waals surface area contributed by atoms with E-state index in [1.54, 1.807) is 0 Å². The van der Waals surface area contributed by atoms with Crippen molar-refractivity contribution in [2.24, 2.45) is 0 Å². The second-order valence-corrected chi connectivity index (χ2v) is 3.72. The van der Waals surface area contributed by atoms with Crippen LogP contribution in [0.25, 0.3) is 11.1 Å². The van der Waals surface area contributed by atoms with Gasteiger partial charge in [0.2, 0.25) is 0 Å². The SMILES string of the molecule is CNc1cc(N)cc(-c2cccc(N)c2)c1. The van der Waals surface area contributed by atoms with Crippen molar-refractivity contribution in [2.45, 2.75) is 0 Å². The summed E-state index contributed by atoms with van der Waals surface area (Å²) in [6, 6.07) is 13.6. The van der Waals surface area contributed by atoms with Crippen LogP contribution in [0.2, 0.25) is 0 Å². The fourth-order valence-corrected chi connectivity index (χ4v) is 1.68. The molecule has 2 rings (SSSR count). The van der Waals surface area contributed by atoms with E-state index < -0.39 is 0 Å². The maximum absolute atomic E-state index is 5.84. The van der Waals surface area contributed by atoms with Crippen LogP contribution in [-0.4, -0.2) is 7.05 Å². The van der Waals surface area contributed by atoms with Gasteiger partial charge in [0.1, 0.15) is 0 Å². The summed E-state index contributed by atoms with van der Waals surface area (Å²) in [7, 11) is 1.87. The second-order valence-electron chi connectivity index (χ2n) is 3.72. The van der Waals surface area contributed by atoms with Crippen molar-refractivity contribution in [1.82, 2.24) is 0 Å². The van der Waals surface area contributed by atoms with Gasteiger partial charge in [0, 0.05) is 24.1 Å². The predicted octanol–water partition coefficient (Wildman–Crippen LogP) is 2.56. The number of hydrogen-bond acceptors (Lipinski definition) is 3. The molecule has 82 valence electrons. The molecule has 0 radical (unpaired) electrons. The van der Waals surface area contributed by atoms with Crippen molar-refractivity contribution in [1.29, 1.82) is 0 Å². The number of nitrogen functional groups attached to an aromatic ring is 2. The van der Waals surface area contributed by atoms with E-state index in [9.17, 15) is 0 Å². The van der Waals surface area contributed by atoms with Crippen LogP contribution in [0.3, 0.4) is 0 Å². The topological polar surface area (TPSA) is 64.1 Å². The fraction of sp³-hybridized carbons (Fsp3) is 0.0769. The van der Waals surface area contributed by atoms with Gasteiger partial charge in [-0.2, -0.15) is 0 Å². The molecule has 0 aliphatic rings. The van der Waals surface area contributed by atoms with E-state index in [1.165, 1.54) is 0 Å². The number of nitrogens with one attached hydrogen (secondary N) is 1. The highest BCUT2D eigenvalue weighted by atomic mass is 14.8. The molecule has 3 nitrogen and oxygen atoms in total. The lowest BCUT2D eigenvalue weighted by molar-refractivity contribution is 1.50. The van der Waals surface area contributed by atoms with Gasteiger partial charge in [0.25, 0.3) is 0 Å². The summed E-state index contributed by atoms with van der Waals surface area (Å²) in [6.45, 7) is 0. The number of benzene rings is 2. The van der Waals surface area contributed by atoms with Crippen LogP contribution in [0.15, 0.2) is 42.5 Å². The van der Waals surface area contributed by atoms with E-state index >= 15 is 0 Å². The van der Waals surface area contributed by atoms with E-state index in [-0.39, 0.29) is 0 Å². The highest BCUT2D eigenvalue weighted by molar-refractivity contribution is 5.74. The molecule has 5 N–H and O–H groups in total. The minimum atomic E-state index is 0.740. The first kappa shape index (κ1) is 10.4. The molecule has 0 spiro atoms. The van der Waals surface area contributed by atoms with Gasteiger partial charge in [-0.05, 0) is 41.5 Å². The number of nitrogens with two attached hydrogens (primary N) is 2. The smallest absolute Gasteiger partial charge is 0.0364 e. The van der Waals surface area contributed by atoms with Gasteiger partial charge in [0.15, 0.2) is 0 Å². The van der Waals surface area contributed by atoms with E-state index in [0.717, 1.165) is 28.2 Å². The van der Waals surface area contributed by atoms with Crippen molar-refractivity contribution < 1.29 is 0 Å². The molecule has 3 heteroatoms. The van der Waals surface area contributed by atoms with Crippen LogP contribution in [-0.2, 0) is 0 Å². The van der Waals surface area contributed by atoms with Gasteiger partial charge in [-0.1, -0.05) is 12.1 Å². The quantitative estimate of drug-likeness (QED) is 0.672. The van der Waals surface area contributed by atoms with Crippen LogP contribution in [0, 0.1) is 0 Å². The van der Waals surface area contributed by atoms with Crippen molar-refractivity contribution in [3.63, 3.8) is 0 Å². The monoisotopic (exact) mass is 213 g/mol. The zero-order valence-electron chi connectivity index (χ0n) is 9.20. The molecular weight excluding hydrogens is 198 g/mol. The highest BCUT2D eigenvalue weighted by Gasteiger charge is 2.01. The Morgan fingerprint density at radius 1 is 0.875 bits per heavy atom. The lowest BCUT2D eigenvalue weighted by atomic mass is 10.0. The van der Waals surface area contributed by atoms with Crippen LogP contribution < -0.4 is 16.8 Å². The van der Waals surface area contributed by atoms with Crippen molar-refractivity contribution in [2.75, 3.05) is 23.8 Å². The molecule has 0 fully saturated rings. The molecule has 0 amide bonds. The minimum Gasteiger partial charge on any atom is -0.399 e. The third-order valence-electron chi connectivity index (χ3n) is 2.46. The highest BCUT2D eigenvalue weighted by Crippen LogP contribution is 2.26. The first-order valence-corrected chi connectivity index (χ1v) is 5.13. The van der Waals surface area contributed by atoms with Crippen LogP contribution in [0.5, 0.6) is 0 Å². The van der Waals surface area contributed by atoms with E-state index in [4.69, 9.17) is 11.5 Å². The van der Waals surface area contributed by atoms with E-state index in [2.05, 4.69) is 5.32 Å². The predicted molar refractivity (Wildman–Crippen MR) is 70.2 cm³/mol. The van der Waals surface area contributed by atoms with Crippen molar-refractivity contribution in [3.8, 4) is 11.1 Å². The van der Waals surface area contributed by atoms with E-state index in [1.807, 2.05) is 49.5 Å². The van der Waals surface area contributed by atoms with Gasteiger partial charge in [0.05, 0.1) is 0 Å². The lowest BCUT2D eigenvalue weighted by Crippen LogP contribution is -1.93. The average Bonchev–Trinajstić information content (AvgIpc) is 2.28. The molecular formula is C13H15N3. The van der Waals surface area contributed by atoms with Gasteiger partial charge in [-0.25, -0.2) is 0 Å². The molecule has 16 heavy (non-hydrogen) atoms. The Morgan fingerprint density at radius 3 is 2.31 bits per heavy atom. The molecule has 2 aromatic carbocycles. The minimum absolute atomic E-state index is 0.740. The molecule has 0 aromatic heterocycles. The lowest BCUT2D eigenvalue weighted by Gasteiger charge is -2.08. The molecule has 0 saturated heterocycles. The van der Waals surface area contributed by atoms with Gasteiger partial charge in [-0.15, -0.1) is 0 Å². The first-order valence-electron chi connectivity index (χ1n) is 5.13. The molecule has 0 saturated carbocycles. The zero-order valence-corrected chi connectivity index (χ0v) is 9.20.